The fourth-order valence-electron chi connectivity index (χ4n) is 4.61. The quantitative estimate of drug-likeness (QED) is 0.0652. The maximum Gasteiger partial charge on any atom is 0.411 e. The first kappa shape index (κ1) is 30.5. The van der Waals surface area contributed by atoms with Crippen LogP contribution in [0.1, 0.15) is 35.6 Å². The third-order valence-electron chi connectivity index (χ3n) is 6.53. The zero-order valence-electron chi connectivity index (χ0n) is 21.9. The average Bonchev–Trinajstić information content (AvgIpc) is 2.98. The standard InChI is InChI=1S/C29H28Cl3N5O4/c30-29(31,32)27(33)41-26-23(35-36-34)16-17-24(40-26)25(22-14-8-3-9-15-22)37(18-20-10-4-1-5-11-20)28(38)39-19-21-12-6-2-7-13-21/h1-15,23-26,33H,16-19H2/t23?,24-,25+,26?/m0/s1. The number of azide groups is 1. The number of carbonyl (C=O) groups excluding carboxylic acids is 1. The Bertz CT molecular complexity index is 1340. The van der Waals surface area contributed by atoms with Crippen molar-refractivity contribution in [1.29, 1.82) is 5.41 Å². The highest BCUT2D eigenvalue weighted by atomic mass is 35.6. The fourth-order valence-corrected chi connectivity index (χ4v) is 4.74. The van der Waals surface area contributed by atoms with Crippen LogP contribution in [0, 0.1) is 5.41 Å². The molecule has 0 aliphatic carbocycles. The smallest absolute Gasteiger partial charge is 0.411 e. The molecule has 214 valence electrons. The number of ether oxygens (including phenoxy) is 3. The predicted octanol–water partition coefficient (Wildman–Crippen LogP) is 8.11. The van der Waals surface area contributed by atoms with Gasteiger partial charge < -0.3 is 14.2 Å². The van der Waals surface area contributed by atoms with E-state index in [9.17, 15) is 4.79 Å². The summed E-state index contributed by atoms with van der Waals surface area (Å²) in [5.74, 6) is -0.675. The number of halogens is 3. The molecular weight excluding hydrogens is 589 g/mol. The molecule has 1 saturated heterocycles. The Morgan fingerprint density at radius 2 is 1.59 bits per heavy atom. The highest BCUT2D eigenvalue weighted by Crippen LogP contribution is 2.38. The zero-order valence-corrected chi connectivity index (χ0v) is 24.1. The summed E-state index contributed by atoms with van der Waals surface area (Å²) in [4.78, 5) is 18.3. The monoisotopic (exact) mass is 615 g/mol. The number of nitrogens with zero attached hydrogens (tertiary/aromatic N) is 4. The SMILES string of the molecule is [N-]=[N+]=NC1CC[C@@H]([C@@H](c2ccccc2)N(Cc2ccccc2)C(=O)OCc2ccccc2)OC1OC(=N)C(Cl)(Cl)Cl. The lowest BCUT2D eigenvalue weighted by atomic mass is 9.92. The minimum absolute atomic E-state index is 0.0864. The van der Waals surface area contributed by atoms with Crippen LogP contribution < -0.4 is 0 Å². The molecule has 0 radical (unpaired) electrons. The second-order valence-corrected chi connectivity index (χ2v) is 11.6. The summed E-state index contributed by atoms with van der Waals surface area (Å²) in [7, 11) is 0. The van der Waals surface area contributed by atoms with Gasteiger partial charge in [-0.1, -0.05) is 131 Å². The van der Waals surface area contributed by atoms with Crippen LogP contribution in [0.2, 0.25) is 0 Å². The highest BCUT2D eigenvalue weighted by Gasteiger charge is 2.43. The van der Waals surface area contributed by atoms with Gasteiger partial charge >= 0.3 is 6.09 Å². The lowest BCUT2D eigenvalue weighted by Gasteiger charge is -2.42. The predicted molar refractivity (Wildman–Crippen MR) is 158 cm³/mol. The summed E-state index contributed by atoms with van der Waals surface area (Å²) < 4.78 is 15.5. The maximum atomic E-state index is 13.8. The molecule has 41 heavy (non-hydrogen) atoms. The Kier molecular flexibility index (Phi) is 10.7. The number of alkyl halides is 3. The van der Waals surface area contributed by atoms with E-state index >= 15 is 0 Å². The molecule has 1 amide bonds. The Labute approximate surface area is 253 Å². The normalized spacial score (nSPS) is 19.3. The molecule has 4 atom stereocenters. The van der Waals surface area contributed by atoms with Gasteiger partial charge in [0.15, 0.2) is 0 Å². The molecule has 1 aliphatic heterocycles. The number of benzene rings is 3. The van der Waals surface area contributed by atoms with E-state index in [0.717, 1.165) is 16.7 Å². The number of nitrogens with one attached hydrogen (secondary N) is 1. The van der Waals surface area contributed by atoms with E-state index in [-0.39, 0.29) is 13.2 Å². The van der Waals surface area contributed by atoms with E-state index in [1.54, 1.807) is 4.90 Å². The van der Waals surface area contributed by atoms with Gasteiger partial charge in [0.2, 0.25) is 12.2 Å². The molecule has 0 saturated carbocycles. The highest BCUT2D eigenvalue weighted by molar-refractivity contribution is 6.76. The third-order valence-corrected chi connectivity index (χ3v) is 7.04. The molecule has 1 fully saturated rings. The van der Waals surface area contributed by atoms with Crippen LogP contribution in [0.4, 0.5) is 4.79 Å². The summed E-state index contributed by atoms with van der Waals surface area (Å²) in [6, 6.07) is 26.9. The Hall–Kier alpha value is -3.46. The summed E-state index contributed by atoms with van der Waals surface area (Å²) in [6.45, 7) is 0.312. The number of hydrogen-bond donors (Lipinski definition) is 1. The van der Waals surface area contributed by atoms with Crippen molar-refractivity contribution >= 4 is 46.8 Å². The van der Waals surface area contributed by atoms with Crippen molar-refractivity contribution in [3.63, 3.8) is 0 Å². The van der Waals surface area contributed by atoms with Gasteiger partial charge in [0.25, 0.3) is 3.79 Å². The largest absolute Gasteiger partial charge is 0.448 e. The summed E-state index contributed by atoms with van der Waals surface area (Å²) >= 11 is 17.5. The Balaban J connectivity index is 1.69. The minimum Gasteiger partial charge on any atom is -0.448 e. The second-order valence-electron chi connectivity index (χ2n) is 9.35. The molecule has 4 rings (SSSR count). The molecule has 3 aromatic rings. The van der Waals surface area contributed by atoms with Crippen molar-refractivity contribution in [2.45, 2.75) is 54.3 Å². The number of rotatable bonds is 9. The van der Waals surface area contributed by atoms with Gasteiger partial charge in [-0.2, -0.15) is 0 Å². The van der Waals surface area contributed by atoms with Crippen molar-refractivity contribution in [1.82, 2.24) is 4.90 Å². The first-order chi connectivity index (χ1) is 19.8. The number of hydrogen-bond acceptors (Lipinski definition) is 6. The van der Waals surface area contributed by atoms with E-state index in [1.807, 2.05) is 91.0 Å². The van der Waals surface area contributed by atoms with Gasteiger partial charge in [-0.25, -0.2) is 4.79 Å². The Morgan fingerprint density at radius 1 is 1.00 bits per heavy atom. The van der Waals surface area contributed by atoms with Gasteiger partial charge in [0, 0.05) is 11.5 Å². The molecule has 1 heterocycles. The van der Waals surface area contributed by atoms with Crippen LogP contribution in [-0.2, 0) is 27.4 Å². The van der Waals surface area contributed by atoms with Crippen LogP contribution >= 0.6 is 34.8 Å². The fraction of sp³-hybridized carbons (Fsp3) is 0.310. The van der Waals surface area contributed by atoms with Crippen LogP contribution in [0.15, 0.2) is 96.1 Å². The zero-order chi connectivity index (χ0) is 29.2. The molecule has 9 nitrogen and oxygen atoms in total. The number of amides is 1. The molecule has 1 aliphatic rings. The first-order valence-electron chi connectivity index (χ1n) is 12.8. The van der Waals surface area contributed by atoms with Crippen molar-refractivity contribution in [2.75, 3.05) is 0 Å². The van der Waals surface area contributed by atoms with Gasteiger partial charge in [-0.3, -0.25) is 10.3 Å². The van der Waals surface area contributed by atoms with Gasteiger partial charge in [0.05, 0.1) is 18.2 Å². The molecule has 0 aromatic heterocycles. The maximum absolute atomic E-state index is 13.8. The summed E-state index contributed by atoms with van der Waals surface area (Å²) in [5.41, 5.74) is 11.6. The van der Waals surface area contributed by atoms with Gasteiger partial charge in [0.1, 0.15) is 6.61 Å². The van der Waals surface area contributed by atoms with E-state index in [2.05, 4.69) is 10.0 Å². The molecule has 0 spiro atoms. The van der Waals surface area contributed by atoms with Crippen molar-refractivity contribution in [3.05, 3.63) is 118 Å². The second kappa shape index (κ2) is 14.4. The first-order valence-corrected chi connectivity index (χ1v) is 14.0. The third kappa shape index (κ3) is 8.52. The topological polar surface area (TPSA) is 121 Å². The van der Waals surface area contributed by atoms with Crippen LogP contribution in [0.3, 0.4) is 0 Å². The number of carbonyl (C=O) groups is 1. The van der Waals surface area contributed by atoms with E-state index < -0.39 is 40.3 Å². The van der Waals surface area contributed by atoms with E-state index in [4.69, 9.17) is 60.0 Å². The van der Waals surface area contributed by atoms with Crippen LogP contribution in [0.5, 0.6) is 0 Å². The summed E-state index contributed by atoms with van der Waals surface area (Å²) in [6.07, 6.45) is -1.67. The van der Waals surface area contributed by atoms with Crippen LogP contribution in [-0.4, -0.2) is 39.1 Å². The van der Waals surface area contributed by atoms with Gasteiger partial charge in [-0.15, -0.1) is 0 Å². The molecule has 12 heteroatoms. The Morgan fingerprint density at radius 3 is 2.17 bits per heavy atom. The van der Waals surface area contributed by atoms with Crippen molar-refractivity contribution in [3.8, 4) is 0 Å². The molecule has 0 bridgehead atoms. The van der Waals surface area contributed by atoms with Crippen LogP contribution in [0.25, 0.3) is 10.4 Å². The molecular formula is C29H28Cl3N5O4. The molecule has 1 N–H and O–H groups in total. The van der Waals surface area contributed by atoms with Gasteiger partial charge in [-0.05, 0) is 35.1 Å². The van der Waals surface area contributed by atoms with Crippen molar-refractivity contribution < 1.29 is 19.0 Å². The molecule has 2 unspecified atom stereocenters. The average molecular weight is 617 g/mol. The van der Waals surface area contributed by atoms with E-state index in [0.29, 0.717) is 12.8 Å². The molecule has 3 aromatic carbocycles. The summed E-state index contributed by atoms with van der Waals surface area (Å²) in [5, 5.41) is 11.8. The lowest BCUT2D eigenvalue weighted by molar-refractivity contribution is -0.182. The lowest BCUT2D eigenvalue weighted by Crippen LogP contribution is -2.49. The van der Waals surface area contributed by atoms with Crippen molar-refractivity contribution in [2.24, 2.45) is 5.11 Å². The van der Waals surface area contributed by atoms with E-state index in [1.165, 1.54) is 0 Å². The minimum atomic E-state index is -2.14.